The fourth-order valence-electron chi connectivity index (χ4n) is 4.50. The molecule has 0 aliphatic carbocycles. The maximum absolute atomic E-state index is 12.9. The van der Waals surface area contributed by atoms with Crippen molar-refractivity contribution in [3.8, 4) is 11.5 Å². The van der Waals surface area contributed by atoms with Crippen molar-refractivity contribution < 1.29 is 63.5 Å². The van der Waals surface area contributed by atoms with Gasteiger partial charge in [-0.3, -0.25) is 4.79 Å². The average molecular weight is 539 g/mol. The van der Waals surface area contributed by atoms with Crippen molar-refractivity contribution in [2.24, 2.45) is 5.92 Å². The van der Waals surface area contributed by atoms with Crippen molar-refractivity contribution >= 4 is 11.9 Å². The zero-order chi connectivity index (χ0) is 27.6. The zero-order valence-corrected chi connectivity index (χ0v) is 20.6. The Hall–Kier alpha value is -3.20. The van der Waals surface area contributed by atoms with E-state index in [1.165, 1.54) is 25.3 Å². The van der Waals surface area contributed by atoms with Gasteiger partial charge in [0.2, 0.25) is 6.29 Å². The van der Waals surface area contributed by atoms with Crippen LogP contribution in [0.2, 0.25) is 0 Å². The fraction of sp³-hybridized carbons (Fsp3) is 0.520. The largest absolute Gasteiger partial charge is 0.504 e. The molecule has 4 bridgehead atoms. The van der Waals surface area contributed by atoms with E-state index in [1.54, 1.807) is 13.0 Å². The highest BCUT2D eigenvalue weighted by Gasteiger charge is 2.47. The molecule has 38 heavy (non-hydrogen) atoms. The number of cyclic esters (lactones) is 1. The summed E-state index contributed by atoms with van der Waals surface area (Å²) >= 11 is 0. The van der Waals surface area contributed by atoms with Crippen LogP contribution >= 0.6 is 0 Å². The van der Waals surface area contributed by atoms with Crippen molar-refractivity contribution in [1.29, 1.82) is 0 Å². The number of fused-ring (bicyclic) bond motifs is 4. The van der Waals surface area contributed by atoms with Crippen molar-refractivity contribution in [1.82, 2.24) is 0 Å². The molecule has 0 spiro atoms. The molecule has 13 nitrogen and oxygen atoms in total. The molecule has 0 unspecified atom stereocenters. The Labute approximate surface area is 217 Å². The van der Waals surface area contributed by atoms with Gasteiger partial charge >= 0.3 is 11.9 Å². The summed E-state index contributed by atoms with van der Waals surface area (Å²) in [4.78, 5) is 25.3. The molecule has 1 aromatic carbocycles. The molecule has 4 rings (SSSR count). The number of aromatic hydroxyl groups is 2. The van der Waals surface area contributed by atoms with E-state index in [0.29, 0.717) is 11.1 Å². The predicted molar refractivity (Wildman–Crippen MR) is 124 cm³/mol. The van der Waals surface area contributed by atoms with Crippen LogP contribution in [0, 0.1) is 5.92 Å². The minimum absolute atomic E-state index is 0.0270. The van der Waals surface area contributed by atoms with Crippen LogP contribution in [0.25, 0.3) is 0 Å². The lowest BCUT2D eigenvalue weighted by molar-refractivity contribution is -0.330. The number of ether oxygens (including phenoxy) is 6. The Morgan fingerprint density at radius 2 is 1.82 bits per heavy atom. The van der Waals surface area contributed by atoms with Gasteiger partial charge in [0.1, 0.15) is 37.1 Å². The van der Waals surface area contributed by atoms with Gasteiger partial charge < -0.3 is 54.0 Å². The number of hydrogen-bond acceptors (Lipinski definition) is 13. The SMILES string of the molecule is C/C=C1\[C@H]2OC=C(C(=O)OC)[C@H]1CC(=O)OC[C@@H](c1ccc(O)c(O)c1)OC[C@H]1O[C@@H](O2)[C@H](O)[C@@H](O)[C@@H]1O. The molecule has 3 aliphatic rings. The highest BCUT2D eigenvalue weighted by molar-refractivity contribution is 5.90. The second kappa shape index (κ2) is 11.7. The number of esters is 2. The predicted octanol–water partition coefficient (Wildman–Crippen LogP) is -0.0977. The van der Waals surface area contributed by atoms with Gasteiger partial charge in [0.25, 0.3) is 0 Å². The standard InChI is InChI=1S/C25H30O13/c1-3-12-13-7-19(28)35-9-17(11-4-5-15(26)16(27)6-11)34-10-18-20(29)21(30)22(31)25(37-18)38-24(12)36-8-14(13)23(32)33-2/h3-6,8,13,17-18,20-22,24-27,29-31H,7,9-10H2,1-2H3/b12-3-/t13-,17-,18+,20+,21-,22+,24-,25-/m0/s1. The van der Waals surface area contributed by atoms with Gasteiger partial charge in [0, 0.05) is 11.5 Å². The molecule has 0 radical (unpaired) electrons. The first-order valence-electron chi connectivity index (χ1n) is 11.9. The van der Waals surface area contributed by atoms with E-state index in [1.807, 2.05) is 0 Å². The lowest BCUT2D eigenvalue weighted by Crippen LogP contribution is -2.60. The summed E-state index contributed by atoms with van der Waals surface area (Å²) in [5.74, 6) is -3.13. The maximum atomic E-state index is 12.9. The molecule has 8 atom stereocenters. The summed E-state index contributed by atoms with van der Waals surface area (Å²) in [5, 5.41) is 51.1. The number of aliphatic hydroxyl groups is 3. The lowest BCUT2D eigenvalue weighted by Gasteiger charge is -2.42. The number of rotatable bonds is 2. The molecule has 2 saturated heterocycles. The van der Waals surface area contributed by atoms with E-state index >= 15 is 0 Å². The van der Waals surface area contributed by atoms with E-state index in [-0.39, 0.29) is 31.0 Å². The van der Waals surface area contributed by atoms with Gasteiger partial charge in [0.15, 0.2) is 17.8 Å². The third kappa shape index (κ3) is 5.62. The first-order chi connectivity index (χ1) is 18.1. The Balaban J connectivity index is 1.70. The summed E-state index contributed by atoms with van der Waals surface area (Å²) in [6.07, 6.45) is -7.44. The van der Waals surface area contributed by atoms with E-state index < -0.39 is 66.7 Å². The second-order valence-corrected chi connectivity index (χ2v) is 8.98. The van der Waals surface area contributed by atoms with Gasteiger partial charge in [-0.1, -0.05) is 12.1 Å². The number of phenolic OH excluding ortho intramolecular Hbond substituents is 2. The van der Waals surface area contributed by atoms with Crippen LogP contribution in [0.3, 0.4) is 0 Å². The van der Waals surface area contributed by atoms with Crippen LogP contribution in [-0.4, -0.2) is 94.8 Å². The molecular weight excluding hydrogens is 508 g/mol. The molecule has 0 amide bonds. The molecule has 3 heterocycles. The first-order valence-corrected chi connectivity index (χ1v) is 11.9. The number of aliphatic hydroxyl groups excluding tert-OH is 3. The number of carbonyl (C=O) groups is 2. The Morgan fingerprint density at radius 3 is 2.50 bits per heavy atom. The molecule has 0 saturated carbocycles. The molecule has 1 aromatic rings. The third-order valence-corrected chi connectivity index (χ3v) is 6.65. The number of phenols is 2. The average Bonchev–Trinajstić information content (AvgIpc) is 2.90. The van der Waals surface area contributed by atoms with Gasteiger partial charge in [-0.05, 0) is 24.6 Å². The second-order valence-electron chi connectivity index (χ2n) is 8.98. The van der Waals surface area contributed by atoms with Gasteiger partial charge in [-0.15, -0.1) is 0 Å². The summed E-state index contributed by atoms with van der Waals surface area (Å²) in [6.45, 7) is 0.954. The van der Waals surface area contributed by atoms with Gasteiger partial charge in [-0.25, -0.2) is 4.79 Å². The van der Waals surface area contributed by atoms with Crippen LogP contribution in [0.5, 0.6) is 11.5 Å². The van der Waals surface area contributed by atoms with Crippen LogP contribution in [0.15, 0.2) is 41.7 Å². The first kappa shape index (κ1) is 27.8. The Kier molecular flexibility index (Phi) is 8.55. The number of methoxy groups -OCH3 is 1. The van der Waals surface area contributed by atoms with Gasteiger partial charge in [0.05, 0.1) is 32.0 Å². The highest BCUT2D eigenvalue weighted by Crippen LogP contribution is 2.37. The van der Waals surface area contributed by atoms with Crippen LogP contribution in [0.1, 0.15) is 25.0 Å². The number of allylic oxidation sites excluding steroid dienone is 1. The molecule has 2 fully saturated rings. The summed E-state index contributed by atoms with van der Waals surface area (Å²) in [7, 11) is 1.18. The molecule has 13 heteroatoms. The van der Waals surface area contributed by atoms with E-state index in [9.17, 15) is 35.1 Å². The minimum atomic E-state index is -1.67. The van der Waals surface area contributed by atoms with E-state index in [2.05, 4.69) is 0 Å². The summed E-state index contributed by atoms with van der Waals surface area (Å²) in [5.41, 5.74) is 0.694. The third-order valence-electron chi connectivity index (χ3n) is 6.65. The van der Waals surface area contributed by atoms with Crippen LogP contribution < -0.4 is 0 Å². The zero-order valence-electron chi connectivity index (χ0n) is 20.6. The Bertz CT molecular complexity index is 1100. The topological polar surface area (TPSA) is 191 Å². The monoisotopic (exact) mass is 538 g/mol. The normalized spacial score (nSPS) is 35.3. The summed E-state index contributed by atoms with van der Waals surface area (Å²) in [6, 6.07) is 3.89. The number of benzene rings is 1. The fourth-order valence-corrected chi connectivity index (χ4v) is 4.50. The minimum Gasteiger partial charge on any atom is -0.504 e. The molecule has 208 valence electrons. The smallest absolute Gasteiger partial charge is 0.337 e. The van der Waals surface area contributed by atoms with Crippen LogP contribution in [-0.2, 0) is 38.0 Å². The van der Waals surface area contributed by atoms with Gasteiger partial charge in [-0.2, -0.15) is 0 Å². The van der Waals surface area contributed by atoms with Crippen molar-refractivity contribution in [3.63, 3.8) is 0 Å². The molecule has 0 aromatic heterocycles. The van der Waals surface area contributed by atoms with Crippen molar-refractivity contribution in [2.75, 3.05) is 20.3 Å². The molecule has 5 N–H and O–H groups in total. The molecule has 3 aliphatic heterocycles. The van der Waals surface area contributed by atoms with Crippen molar-refractivity contribution in [2.45, 2.75) is 56.4 Å². The van der Waals surface area contributed by atoms with E-state index in [4.69, 9.17) is 28.4 Å². The Morgan fingerprint density at radius 1 is 1.05 bits per heavy atom. The maximum Gasteiger partial charge on any atom is 0.337 e. The quantitative estimate of drug-likeness (QED) is 0.191. The number of carbonyl (C=O) groups excluding carboxylic acids is 2. The van der Waals surface area contributed by atoms with E-state index in [0.717, 1.165) is 6.26 Å². The molecular formula is C25H30O13. The summed E-state index contributed by atoms with van der Waals surface area (Å²) < 4.78 is 33.2. The number of hydrogen-bond donors (Lipinski definition) is 5. The highest BCUT2D eigenvalue weighted by atomic mass is 16.8. The lowest BCUT2D eigenvalue weighted by atomic mass is 9.86. The van der Waals surface area contributed by atoms with Crippen LogP contribution in [0.4, 0.5) is 0 Å². The van der Waals surface area contributed by atoms with Crippen molar-refractivity contribution in [3.05, 3.63) is 47.2 Å².